The molecule has 2 rings (SSSR count). The Morgan fingerprint density at radius 2 is 1.96 bits per heavy atom. The Labute approximate surface area is 151 Å². The van der Waals surface area contributed by atoms with Gasteiger partial charge in [-0.05, 0) is 39.0 Å². The van der Waals surface area contributed by atoms with Gasteiger partial charge in [0, 0.05) is 5.56 Å². The normalized spacial score (nSPS) is 11.6. The molecule has 1 atom stereocenters. The quantitative estimate of drug-likeness (QED) is 0.755. The Morgan fingerprint density at radius 3 is 2.54 bits per heavy atom. The molecule has 0 saturated heterocycles. The Kier molecular flexibility index (Phi) is 6.21. The average molecular weight is 362 g/mol. The first-order valence-corrected chi connectivity index (χ1v) is 7.98. The minimum absolute atomic E-state index is 0.236. The molecule has 0 radical (unpaired) electrons. The summed E-state index contributed by atoms with van der Waals surface area (Å²) in [7, 11) is 3.11. The number of ether oxygens (including phenoxy) is 3. The smallest absolute Gasteiger partial charge is 0.344 e. The number of carbonyl (C=O) groups is 2. The van der Waals surface area contributed by atoms with E-state index in [4.69, 9.17) is 18.7 Å². The maximum Gasteiger partial charge on any atom is 0.344 e. The zero-order valence-corrected chi connectivity index (χ0v) is 15.4. The minimum atomic E-state index is -0.650. The van der Waals surface area contributed by atoms with Crippen molar-refractivity contribution in [3.05, 3.63) is 40.8 Å². The summed E-state index contributed by atoms with van der Waals surface area (Å²) in [6.45, 7) is 4.61. The van der Waals surface area contributed by atoms with Crippen LogP contribution in [0.2, 0.25) is 0 Å². The number of hydrogen-bond donors (Lipinski definition) is 1. The number of methoxy groups -OCH3 is 2. The van der Waals surface area contributed by atoms with Crippen LogP contribution in [0.25, 0.3) is 0 Å². The van der Waals surface area contributed by atoms with E-state index in [9.17, 15) is 9.59 Å². The molecule has 1 aromatic carbocycles. The molecule has 0 bridgehead atoms. The molecule has 0 aliphatic carbocycles. The number of amides is 1. The highest BCUT2D eigenvalue weighted by molar-refractivity contribution is 5.93. The lowest BCUT2D eigenvalue weighted by Crippen LogP contribution is -2.31. The van der Waals surface area contributed by atoms with E-state index in [0.717, 1.165) is 5.56 Å². The summed E-state index contributed by atoms with van der Waals surface area (Å²) in [5, 5.41) is 6.45. The van der Waals surface area contributed by atoms with Crippen LogP contribution in [0.4, 0.5) is 0 Å². The summed E-state index contributed by atoms with van der Waals surface area (Å²) in [5.41, 5.74) is 1.40. The maximum atomic E-state index is 12.1. The molecule has 1 aromatic heterocycles. The van der Waals surface area contributed by atoms with E-state index in [0.29, 0.717) is 23.0 Å². The van der Waals surface area contributed by atoms with Crippen molar-refractivity contribution in [3.8, 4) is 11.5 Å². The van der Waals surface area contributed by atoms with Crippen molar-refractivity contribution >= 4 is 11.9 Å². The molecule has 1 unspecified atom stereocenters. The highest BCUT2D eigenvalue weighted by Crippen LogP contribution is 2.29. The van der Waals surface area contributed by atoms with Gasteiger partial charge in [-0.15, -0.1) is 0 Å². The predicted molar refractivity (Wildman–Crippen MR) is 92.4 cm³/mol. The number of esters is 1. The topological polar surface area (TPSA) is 99.9 Å². The zero-order chi connectivity index (χ0) is 19.3. The van der Waals surface area contributed by atoms with Crippen molar-refractivity contribution < 1.29 is 28.3 Å². The predicted octanol–water partition coefficient (Wildman–Crippen LogP) is 2.34. The summed E-state index contributed by atoms with van der Waals surface area (Å²) < 4.78 is 20.5. The van der Waals surface area contributed by atoms with Crippen molar-refractivity contribution in [1.82, 2.24) is 10.5 Å². The molecule has 1 amide bonds. The van der Waals surface area contributed by atoms with Gasteiger partial charge in [-0.2, -0.15) is 0 Å². The molecular weight excluding hydrogens is 340 g/mol. The third-order valence-electron chi connectivity index (χ3n) is 3.85. The number of rotatable bonds is 7. The first-order chi connectivity index (χ1) is 12.4. The van der Waals surface area contributed by atoms with Crippen LogP contribution in [-0.4, -0.2) is 37.9 Å². The summed E-state index contributed by atoms with van der Waals surface area (Å²) in [5.74, 6) is 0.519. The molecule has 0 fully saturated rings. The van der Waals surface area contributed by atoms with Crippen molar-refractivity contribution in [3.63, 3.8) is 0 Å². The van der Waals surface area contributed by atoms with E-state index in [1.165, 1.54) is 0 Å². The molecule has 140 valence electrons. The zero-order valence-electron chi connectivity index (χ0n) is 15.4. The van der Waals surface area contributed by atoms with Crippen LogP contribution in [0.1, 0.15) is 40.3 Å². The van der Waals surface area contributed by atoms with Gasteiger partial charge in [0.15, 0.2) is 6.61 Å². The second-order valence-corrected chi connectivity index (χ2v) is 5.67. The first kappa shape index (κ1) is 19.3. The summed E-state index contributed by atoms with van der Waals surface area (Å²) in [6, 6.07) is 4.93. The van der Waals surface area contributed by atoms with Gasteiger partial charge in [0.05, 0.1) is 26.0 Å². The first-order valence-electron chi connectivity index (χ1n) is 7.98. The van der Waals surface area contributed by atoms with Gasteiger partial charge >= 0.3 is 5.97 Å². The molecule has 8 heteroatoms. The number of aryl methyl sites for hydroxylation is 2. The molecule has 0 aliphatic rings. The van der Waals surface area contributed by atoms with E-state index < -0.39 is 18.5 Å². The number of carbonyl (C=O) groups excluding carboxylic acids is 2. The Bertz CT molecular complexity index is 779. The largest absolute Gasteiger partial charge is 0.497 e. The van der Waals surface area contributed by atoms with E-state index in [1.54, 1.807) is 53.2 Å². The summed E-state index contributed by atoms with van der Waals surface area (Å²) in [4.78, 5) is 24.2. The molecule has 26 heavy (non-hydrogen) atoms. The van der Waals surface area contributed by atoms with Crippen LogP contribution < -0.4 is 14.8 Å². The lowest BCUT2D eigenvalue weighted by atomic mass is 10.1. The number of aromatic nitrogens is 1. The van der Waals surface area contributed by atoms with Gasteiger partial charge in [-0.25, -0.2) is 4.79 Å². The van der Waals surface area contributed by atoms with Gasteiger partial charge in [-0.1, -0.05) is 5.16 Å². The molecular formula is C18H22N2O6. The molecule has 0 aliphatic heterocycles. The van der Waals surface area contributed by atoms with Crippen molar-refractivity contribution in [1.29, 1.82) is 0 Å². The Balaban J connectivity index is 1.98. The third-order valence-corrected chi connectivity index (χ3v) is 3.85. The lowest BCUT2D eigenvalue weighted by molar-refractivity contribution is -0.124. The van der Waals surface area contributed by atoms with Crippen LogP contribution >= 0.6 is 0 Å². The molecule has 1 N–H and O–H groups in total. The molecule has 1 heterocycles. The number of benzene rings is 1. The van der Waals surface area contributed by atoms with E-state index in [2.05, 4.69) is 10.5 Å². The van der Waals surface area contributed by atoms with E-state index in [1.807, 2.05) is 0 Å². The average Bonchev–Trinajstić information content (AvgIpc) is 2.97. The fourth-order valence-electron chi connectivity index (χ4n) is 2.52. The molecule has 2 aromatic rings. The van der Waals surface area contributed by atoms with Crippen molar-refractivity contribution in [2.24, 2.45) is 0 Å². The number of hydrogen-bond acceptors (Lipinski definition) is 7. The lowest BCUT2D eigenvalue weighted by Gasteiger charge is -2.18. The van der Waals surface area contributed by atoms with E-state index in [-0.39, 0.29) is 11.6 Å². The van der Waals surface area contributed by atoms with Crippen LogP contribution in [0.5, 0.6) is 11.5 Å². The second kappa shape index (κ2) is 8.37. The minimum Gasteiger partial charge on any atom is -0.497 e. The van der Waals surface area contributed by atoms with Crippen LogP contribution in [0, 0.1) is 13.8 Å². The van der Waals surface area contributed by atoms with Crippen LogP contribution in [-0.2, 0) is 9.53 Å². The van der Waals surface area contributed by atoms with Crippen molar-refractivity contribution in [2.45, 2.75) is 26.8 Å². The van der Waals surface area contributed by atoms with Gasteiger partial charge in [0.25, 0.3) is 5.91 Å². The van der Waals surface area contributed by atoms with Crippen molar-refractivity contribution in [2.75, 3.05) is 20.8 Å². The number of nitrogens with zero attached hydrogens (tertiary/aromatic N) is 1. The Morgan fingerprint density at radius 1 is 1.23 bits per heavy atom. The summed E-state index contributed by atoms with van der Waals surface area (Å²) >= 11 is 0. The third kappa shape index (κ3) is 4.33. The maximum absolute atomic E-state index is 12.1. The SMILES string of the molecule is COc1ccc(OC)c(C(C)NC(=O)COC(=O)c2c(C)noc2C)c1. The van der Waals surface area contributed by atoms with E-state index >= 15 is 0 Å². The highest BCUT2D eigenvalue weighted by atomic mass is 16.5. The molecule has 0 spiro atoms. The van der Waals surface area contributed by atoms with Gasteiger partial charge in [0.2, 0.25) is 0 Å². The summed E-state index contributed by atoms with van der Waals surface area (Å²) in [6.07, 6.45) is 0. The second-order valence-electron chi connectivity index (χ2n) is 5.67. The van der Waals surface area contributed by atoms with Crippen LogP contribution in [0.15, 0.2) is 22.7 Å². The highest BCUT2D eigenvalue weighted by Gasteiger charge is 2.21. The standard InChI is InChI=1S/C18H22N2O6/c1-10(14-8-13(23-4)6-7-15(14)24-5)19-16(21)9-25-18(22)17-11(2)20-26-12(17)3/h6-8,10H,9H2,1-5H3,(H,19,21). The molecule has 8 nitrogen and oxygen atoms in total. The monoisotopic (exact) mass is 362 g/mol. The van der Waals surface area contributed by atoms with Gasteiger partial charge in [-0.3, -0.25) is 4.79 Å². The van der Waals surface area contributed by atoms with Gasteiger partial charge in [0.1, 0.15) is 22.8 Å². The van der Waals surface area contributed by atoms with Gasteiger partial charge < -0.3 is 24.1 Å². The fraction of sp³-hybridized carbons (Fsp3) is 0.389. The number of nitrogens with one attached hydrogen (secondary N) is 1. The fourth-order valence-corrected chi connectivity index (χ4v) is 2.52. The van der Waals surface area contributed by atoms with Crippen LogP contribution in [0.3, 0.4) is 0 Å². The molecule has 0 saturated carbocycles. The Hall–Kier alpha value is -3.03.